The van der Waals surface area contributed by atoms with Gasteiger partial charge >= 0.3 is 11.9 Å². The summed E-state index contributed by atoms with van der Waals surface area (Å²) in [6, 6.07) is 11.2. The number of halogens is 1. The summed E-state index contributed by atoms with van der Waals surface area (Å²) in [4.78, 5) is 27.3. The van der Waals surface area contributed by atoms with Crippen molar-refractivity contribution in [2.24, 2.45) is 5.92 Å². The lowest BCUT2D eigenvalue weighted by Gasteiger charge is -2.22. The molecule has 1 aromatic carbocycles. The summed E-state index contributed by atoms with van der Waals surface area (Å²) < 4.78 is 5.16. The van der Waals surface area contributed by atoms with Crippen LogP contribution in [0.25, 0.3) is 0 Å². The van der Waals surface area contributed by atoms with Gasteiger partial charge < -0.3 is 9.64 Å². The molecule has 0 aliphatic rings. The first-order valence-corrected chi connectivity index (χ1v) is 9.95. The van der Waals surface area contributed by atoms with Crippen LogP contribution in [-0.2, 0) is 27.4 Å². The van der Waals surface area contributed by atoms with Gasteiger partial charge in [0.05, 0.1) is 13.2 Å². The number of thiophene rings is 1. The second kappa shape index (κ2) is 10.3. The van der Waals surface area contributed by atoms with E-state index in [1.54, 1.807) is 17.4 Å². The van der Waals surface area contributed by atoms with Crippen LogP contribution in [0.15, 0.2) is 41.8 Å². The van der Waals surface area contributed by atoms with Crippen LogP contribution in [0.2, 0.25) is 5.02 Å². The van der Waals surface area contributed by atoms with Crippen molar-refractivity contribution in [3.05, 3.63) is 57.2 Å². The van der Waals surface area contributed by atoms with Gasteiger partial charge in [-0.1, -0.05) is 49.7 Å². The Hall–Kier alpha value is -1.85. The van der Waals surface area contributed by atoms with Crippen LogP contribution < -0.4 is 0 Å². The molecule has 0 spiro atoms. The van der Waals surface area contributed by atoms with E-state index in [1.807, 2.05) is 35.7 Å². The predicted octanol–water partition coefficient (Wildman–Crippen LogP) is 4.91. The molecule has 0 unspecified atom stereocenters. The minimum Gasteiger partial charge on any atom is -0.459 e. The van der Waals surface area contributed by atoms with Crippen LogP contribution in [0.5, 0.6) is 0 Å². The average molecular weight is 394 g/mol. The van der Waals surface area contributed by atoms with Gasteiger partial charge in [0.15, 0.2) is 0 Å². The molecule has 0 bridgehead atoms. The molecule has 0 aliphatic heterocycles. The van der Waals surface area contributed by atoms with Gasteiger partial charge in [0.2, 0.25) is 0 Å². The standard InChI is InChI=1S/C20H24ClNO3S/c1-15(2)7-5-11-25-20(24)19(23)22(14-17-9-6-12-26-17)13-16-8-3-4-10-18(16)21/h3-4,6,8-10,12,15H,5,7,11,13-14H2,1-2H3. The lowest BCUT2D eigenvalue weighted by molar-refractivity contribution is -0.161. The molecule has 0 radical (unpaired) electrons. The summed E-state index contributed by atoms with van der Waals surface area (Å²) in [5.74, 6) is -0.903. The largest absolute Gasteiger partial charge is 0.459 e. The number of rotatable bonds is 8. The lowest BCUT2D eigenvalue weighted by atomic mass is 10.1. The van der Waals surface area contributed by atoms with Crippen molar-refractivity contribution < 1.29 is 14.3 Å². The number of nitrogens with zero attached hydrogens (tertiary/aromatic N) is 1. The maximum absolute atomic E-state index is 12.6. The summed E-state index contributed by atoms with van der Waals surface area (Å²) in [6.07, 6.45) is 1.71. The van der Waals surface area contributed by atoms with E-state index < -0.39 is 11.9 Å². The minimum atomic E-state index is -0.808. The van der Waals surface area contributed by atoms with Crippen molar-refractivity contribution >= 4 is 34.8 Å². The number of hydrogen-bond donors (Lipinski definition) is 0. The molecule has 140 valence electrons. The highest BCUT2D eigenvalue weighted by Gasteiger charge is 2.24. The Morgan fingerprint density at radius 2 is 1.92 bits per heavy atom. The lowest BCUT2D eigenvalue weighted by Crippen LogP contribution is -2.36. The van der Waals surface area contributed by atoms with E-state index in [4.69, 9.17) is 16.3 Å². The Morgan fingerprint density at radius 3 is 2.58 bits per heavy atom. The van der Waals surface area contributed by atoms with Gasteiger partial charge in [0.1, 0.15) is 0 Å². The number of ether oxygens (including phenoxy) is 1. The summed E-state index contributed by atoms with van der Waals surface area (Å²) in [7, 11) is 0. The third-order valence-electron chi connectivity index (χ3n) is 3.87. The van der Waals surface area contributed by atoms with Crippen molar-refractivity contribution in [2.45, 2.75) is 39.8 Å². The first-order chi connectivity index (χ1) is 12.5. The van der Waals surface area contributed by atoms with Crippen LogP contribution in [0, 0.1) is 5.92 Å². The smallest absolute Gasteiger partial charge is 0.397 e. The Balaban J connectivity index is 2.03. The van der Waals surface area contributed by atoms with Crippen molar-refractivity contribution in [3.8, 4) is 0 Å². The highest BCUT2D eigenvalue weighted by atomic mass is 35.5. The van der Waals surface area contributed by atoms with Crippen LogP contribution in [0.3, 0.4) is 0 Å². The molecule has 0 saturated heterocycles. The minimum absolute atomic E-state index is 0.261. The van der Waals surface area contributed by atoms with Gasteiger partial charge in [-0.3, -0.25) is 4.79 Å². The molecule has 6 heteroatoms. The van der Waals surface area contributed by atoms with Crippen LogP contribution >= 0.6 is 22.9 Å². The zero-order valence-corrected chi connectivity index (χ0v) is 16.7. The predicted molar refractivity (Wildman–Crippen MR) is 105 cm³/mol. The monoisotopic (exact) mass is 393 g/mol. The van der Waals surface area contributed by atoms with Gasteiger partial charge in [-0.2, -0.15) is 0 Å². The molecule has 1 heterocycles. The molecule has 1 amide bonds. The number of carbonyl (C=O) groups excluding carboxylic acids is 2. The highest BCUT2D eigenvalue weighted by Crippen LogP contribution is 2.20. The van der Waals surface area contributed by atoms with Crippen molar-refractivity contribution in [3.63, 3.8) is 0 Å². The molecule has 26 heavy (non-hydrogen) atoms. The average Bonchev–Trinajstić information content (AvgIpc) is 3.12. The van der Waals surface area contributed by atoms with Gasteiger partial charge in [-0.05, 0) is 41.8 Å². The third kappa shape index (κ3) is 6.46. The first kappa shape index (κ1) is 20.5. The van der Waals surface area contributed by atoms with Crippen molar-refractivity contribution in [1.29, 1.82) is 0 Å². The van der Waals surface area contributed by atoms with Crippen LogP contribution in [-0.4, -0.2) is 23.4 Å². The molecule has 2 aromatic rings. The van der Waals surface area contributed by atoms with Crippen molar-refractivity contribution in [2.75, 3.05) is 6.61 Å². The number of hydrogen-bond acceptors (Lipinski definition) is 4. The first-order valence-electron chi connectivity index (χ1n) is 8.69. The zero-order chi connectivity index (χ0) is 18.9. The zero-order valence-electron chi connectivity index (χ0n) is 15.1. The number of amides is 1. The summed E-state index contributed by atoms with van der Waals surface area (Å²) in [6.45, 7) is 5.10. The molecule has 0 fully saturated rings. The fraction of sp³-hybridized carbons (Fsp3) is 0.400. The van der Waals surface area contributed by atoms with E-state index in [2.05, 4.69) is 13.8 Å². The van der Waals surface area contributed by atoms with Gasteiger partial charge in [0.25, 0.3) is 0 Å². The molecule has 0 aliphatic carbocycles. The van der Waals surface area contributed by atoms with E-state index in [0.717, 1.165) is 23.3 Å². The van der Waals surface area contributed by atoms with E-state index in [1.165, 1.54) is 4.90 Å². The van der Waals surface area contributed by atoms with Crippen LogP contribution in [0.4, 0.5) is 0 Å². The van der Waals surface area contributed by atoms with E-state index in [9.17, 15) is 9.59 Å². The number of esters is 1. The molecule has 0 saturated carbocycles. The number of carbonyl (C=O) groups is 2. The van der Waals surface area contributed by atoms with Crippen LogP contribution in [0.1, 0.15) is 37.1 Å². The Morgan fingerprint density at radius 1 is 1.15 bits per heavy atom. The van der Waals surface area contributed by atoms with E-state index in [-0.39, 0.29) is 13.2 Å². The van der Waals surface area contributed by atoms with E-state index in [0.29, 0.717) is 17.5 Å². The van der Waals surface area contributed by atoms with Gasteiger partial charge in [0, 0.05) is 16.4 Å². The normalized spacial score (nSPS) is 10.8. The summed E-state index contributed by atoms with van der Waals surface area (Å²) >= 11 is 7.76. The Kier molecular flexibility index (Phi) is 8.13. The topological polar surface area (TPSA) is 46.6 Å². The highest BCUT2D eigenvalue weighted by molar-refractivity contribution is 7.09. The summed E-state index contributed by atoms with van der Waals surface area (Å²) in [5, 5.41) is 2.51. The third-order valence-corrected chi connectivity index (χ3v) is 5.10. The second-order valence-electron chi connectivity index (χ2n) is 6.50. The molecule has 0 N–H and O–H groups in total. The summed E-state index contributed by atoms with van der Waals surface area (Å²) in [5.41, 5.74) is 0.798. The SMILES string of the molecule is CC(C)CCCOC(=O)C(=O)N(Cc1cccs1)Cc1ccccc1Cl. The fourth-order valence-electron chi connectivity index (χ4n) is 2.47. The maximum atomic E-state index is 12.6. The molecular weight excluding hydrogens is 370 g/mol. The molecular formula is C20H24ClNO3S. The molecule has 1 aromatic heterocycles. The molecule has 2 rings (SSSR count). The van der Waals surface area contributed by atoms with Gasteiger partial charge in [-0.25, -0.2) is 4.79 Å². The van der Waals surface area contributed by atoms with E-state index >= 15 is 0 Å². The molecule has 0 atom stereocenters. The van der Waals surface area contributed by atoms with Gasteiger partial charge in [-0.15, -0.1) is 11.3 Å². The second-order valence-corrected chi connectivity index (χ2v) is 7.94. The maximum Gasteiger partial charge on any atom is 0.397 e. The number of benzene rings is 1. The Labute approximate surface area is 163 Å². The quantitative estimate of drug-likeness (QED) is 0.363. The fourth-order valence-corrected chi connectivity index (χ4v) is 3.38. The van der Waals surface area contributed by atoms with Crippen molar-refractivity contribution in [1.82, 2.24) is 4.90 Å². The Bertz CT molecular complexity index is 716. The molecule has 4 nitrogen and oxygen atoms in total.